The standard InChI is InChI=1S/C24H24N2O2/c1-18(12-13-19-8-4-2-5-9-19)25-23(27)21-14-16-22(17-15-21)26-24(28)20-10-6-3-7-11-20/h2-11,14-18H,12-13H2,1H3,(H,25,27)(H,26,28)/t18-/m1/s1. The fourth-order valence-corrected chi connectivity index (χ4v) is 2.90. The molecule has 0 fully saturated rings. The van der Waals surface area contributed by atoms with E-state index in [1.807, 2.05) is 43.3 Å². The second kappa shape index (κ2) is 9.51. The Hall–Kier alpha value is -3.40. The lowest BCUT2D eigenvalue weighted by Crippen LogP contribution is -2.32. The molecule has 0 bridgehead atoms. The molecule has 0 saturated carbocycles. The maximum absolute atomic E-state index is 12.4. The number of amides is 2. The summed E-state index contributed by atoms with van der Waals surface area (Å²) in [6.07, 6.45) is 1.80. The van der Waals surface area contributed by atoms with Crippen LogP contribution in [0.1, 0.15) is 39.6 Å². The summed E-state index contributed by atoms with van der Waals surface area (Å²) in [5, 5.41) is 5.86. The molecule has 3 aromatic carbocycles. The van der Waals surface area contributed by atoms with E-state index < -0.39 is 0 Å². The molecule has 0 aromatic heterocycles. The lowest BCUT2D eigenvalue weighted by molar-refractivity contribution is 0.0938. The molecule has 0 aliphatic carbocycles. The van der Waals surface area contributed by atoms with Crippen LogP contribution in [0, 0.1) is 0 Å². The predicted molar refractivity (Wildman–Crippen MR) is 113 cm³/mol. The fraction of sp³-hybridized carbons (Fsp3) is 0.167. The molecule has 0 aliphatic rings. The van der Waals surface area contributed by atoms with Gasteiger partial charge in [-0.1, -0.05) is 48.5 Å². The third-order valence-corrected chi connectivity index (χ3v) is 4.53. The summed E-state index contributed by atoms with van der Waals surface area (Å²) in [5.41, 5.74) is 3.09. The van der Waals surface area contributed by atoms with E-state index >= 15 is 0 Å². The van der Waals surface area contributed by atoms with Gasteiger partial charge in [0.05, 0.1) is 0 Å². The number of nitrogens with one attached hydrogen (secondary N) is 2. The largest absolute Gasteiger partial charge is 0.350 e. The van der Waals surface area contributed by atoms with Crippen LogP contribution in [-0.4, -0.2) is 17.9 Å². The topological polar surface area (TPSA) is 58.2 Å². The van der Waals surface area contributed by atoms with Crippen LogP contribution in [0.25, 0.3) is 0 Å². The summed E-state index contributed by atoms with van der Waals surface area (Å²) in [6, 6.07) is 26.3. The minimum absolute atomic E-state index is 0.0742. The van der Waals surface area contributed by atoms with Crippen molar-refractivity contribution < 1.29 is 9.59 Å². The third kappa shape index (κ3) is 5.55. The van der Waals surface area contributed by atoms with E-state index in [4.69, 9.17) is 0 Å². The van der Waals surface area contributed by atoms with Gasteiger partial charge in [0.25, 0.3) is 11.8 Å². The summed E-state index contributed by atoms with van der Waals surface area (Å²) in [6.45, 7) is 2.01. The maximum Gasteiger partial charge on any atom is 0.255 e. The van der Waals surface area contributed by atoms with Crippen molar-refractivity contribution in [3.05, 3.63) is 102 Å². The van der Waals surface area contributed by atoms with Gasteiger partial charge in [-0.25, -0.2) is 0 Å². The first-order valence-electron chi connectivity index (χ1n) is 9.43. The molecule has 2 amide bonds. The fourth-order valence-electron chi connectivity index (χ4n) is 2.90. The monoisotopic (exact) mass is 372 g/mol. The minimum atomic E-state index is -0.174. The minimum Gasteiger partial charge on any atom is -0.350 e. The molecule has 0 radical (unpaired) electrons. The highest BCUT2D eigenvalue weighted by molar-refractivity contribution is 6.04. The zero-order valence-electron chi connectivity index (χ0n) is 15.9. The van der Waals surface area contributed by atoms with Crippen molar-refractivity contribution in [1.82, 2.24) is 5.32 Å². The molecule has 0 unspecified atom stereocenters. The molecule has 3 rings (SSSR count). The molecule has 28 heavy (non-hydrogen) atoms. The van der Waals surface area contributed by atoms with Gasteiger partial charge in [-0.15, -0.1) is 0 Å². The van der Waals surface area contributed by atoms with Crippen LogP contribution in [0.2, 0.25) is 0 Å². The summed E-state index contributed by atoms with van der Waals surface area (Å²) in [5.74, 6) is -0.283. The van der Waals surface area contributed by atoms with E-state index in [-0.39, 0.29) is 17.9 Å². The number of carbonyl (C=O) groups is 2. The van der Waals surface area contributed by atoms with Gasteiger partial charge < -0.3 is 10.6 Å². The Morgan fingerprint density at radius 3 is 1.96 bits per heavy atom. The molecule has 1 atom stereocenters. The number of carbonyl (C=O) groups excluding carboxylic acids is 2. The number of rotatable bonds is 7. The van der Waals surface area contributed by atoms with E-state index in [2.05, 4.69) is 22.8 Å². The van der Waals surface area contributed by atoms with Crippen LogP contribution in [0.3, 0.4) is 0 Å². The number of hydrogen-bond donors (Lipinski definition) is 2. The second-order valence-corrected chi connectivity index (χ2v) is 6.80. The third-order valence-electron chi connectivity index (χ3n) is 4.53. The highest BCUT2D eigenvalue weighted by Gasteiger charge is 2.11. The Kier molecular flexibility index (Phi) is 6.58. The normalized spacial score (nSPS) is 11.5. The van der Waals surface area contributed by atoms with E-state index in [0.29, 0.717) is 16.8 Å². The number of aryl methyl sites for hydroxylation is 1. The Morgan fingerprint density at radius 2 is 1.32 bits per heavy atom. The number of benzene rings is 3. The first-order valence-corrected chi connectivity index (χ1v) is 9.43. The van der Waals surface area contributed by atoms with Gasteiger partial charge in [0.1, 0.15) is 0 Å². The molecule has 3 aromatic rings. The average Bonchev–Trinajstić information content (AvgIpc) is 2.74. The zero-order chi connectivity index (χ0) is 19.8. The van der Waals surface area contributed by atoms with Crippen LogP contribution in [0.4, 0.5) is 5.69 Å². The molecule has 2 N–H and O–H groups in total. The molecule has 0 saturated heterocycles. The first-order chi connectivity index (χ1) is 13.6. The highest BCUT2D eigenvalue weighted by Crippen LogP contribution is 2.12. The van der Waals surface area contributed by atoms with E-state index in [9.17, 15) is 9.59 Å². The van der Waals surface area contributed by atoms with Crippen molar-refractivity contribution in [2.75, 3.05) is 5.32 Å². The van der Waals surface area contributed by atoms with Crippen molar-refractivity contribution >= 4 is 17.5 Å². The molecule has 4 nitrogen and oxygen atoms in total. The van der Waals surface area contributed by atoms with Crippen molar-refractivity contribution in [3.8, 4) is 0 Å². The molecular formula is C24H24N2O2. The maximum atomic E-state index is 12.4. The SMILES string of the molecule is C[C@H](CCc1ccccc1)NC(=O)c1ccc(NC(=O)c2ccccc2)cc1. The summed E-state index contributed by atoms with van der Waals surface area (Å²) < 4.78 is 0. The van der Waals surface area contributed by atoms with E-state index in [1.54, 1.807) is 36.4 Å². The highest BCUT2D eigenvalue weighted by atomic mass is 16.2. The van der Waals surface area contributed by atoms with E-state index in [0.717, 1.165) is 12.8 Å². The van der Waals surface area contributed by atoms with Gasteiger partial charge in [0.15, 0.2) is 0 Å². The predicted octanol–water partition coefficient (Wildman–Crippen LogP) is 4.69. The summed E-state index contributed by atoms with van der Waals surface area (Å²) >= 11 is 0. The number of anilines is 1. The lowest BCUT2D eigenvalue weighted by Gasteiger charge is -2.14. The Bertz CT molecular complexity index is 906. The molecule has 142 valence electrons. The molecule has 0 aliphatic heterocycles. The van der Waals surface area contributed by atoms with Crippen molar-refractivity contribution in [2.45, 2.75) is 25.8 Å². The van der Waals surface area contributed by atoms with Gasteiger partial charge in [-0.2, -0.15) is 0 Å². The first kappa shape index (κ1) is 19.4. The van der Waals surface area contributed by atoms with Gasteiger partial charge in [-0.3, -0.25) is 9.59 Å². The van der Waals surface area contributed by atoms with Crippen molar-refractivity contribution in [1.29, 1.82) is 0 Å². The van der Waals surface area contributed by atoms with Crippen molar-refractivity contribution in [3.63, 3.8) is 0 Å². The Morgan fingerprint density at radius 1 is 0.750 bits per heavy atom. The van der Waals surface area contributed by atoms with Crippen LogP contribution in [-0.2, 0) is 6.42 Å². The van der Waals surface area contributed by atoms with Crippen LogP contribution in [0.5, 0.6) is 0 Å². The van der Waals surface area contributed by atoms with Gasteiger partial charge in [0.2, 0.25) is 0 Å². The van der Waals surface area contributed by atoms with Crippen LogP contribution in [0.15, 0.2) is 84.9 Å². The average molecular weight is 372 g/mol. The molecule has 4 heteroatoms. The lowest BCUT2D eigenvalue weighted by atomic mass is 10.1. The molecular weight excluding hydrogens is 348 g/mol. The summed E-state index contributed by atoms with van der Waals surface area (Å²) in [4.78, 5) is 24.6. The molecule has 0 heterocycles. The molecule has 0 spiro atoms. The van der Waals surface area contributed by atoms with Gasteiger partial charge >= 0.3 is 0 Å². The van der Waals surface area contributed by atoms with Gasteiger partial charge in [0, 0.05) is 22.9 Å². The van der Waals surface area contributed by atoms with Crippen LogP contribution >= 0.6 is 0 Å². The Labute approximate surface area is 165 Å². The summed E-state index contributed by atoms with van der Waals surface area (Å²) in [7, 11) is 0. The number of hydrogen-bond acceptors (Lipinski definition) is 2. The smallest absolute Gasteiger partial charge is 0.255 e. The van der Waals surface area contributed by atoms with E-state index in [1.165, 1.54) is 5.56 Å². The zero-order valence-corrected chi connectivity index (χ0v) is 15.9. The Balaban J connectivity index is 1.51. The van der Waals surface area contributed by atoms with Crippen LogP contribution < -0.4 is 10.6 Å². The second-order valence-electron chi connectivity index (χ2n) is 6.80. The van der Waals surface area contributed by atoms with Crippen molar-refractivity contribution in [2.24, 2.45) is 0 Å². The van der Waals surface area contributed by atoms with Gasteiger partial charge in [-0.05, 0) is 61.7 Å². The quantitative estimate of drug-likeness (QED) is 0.632.